The highest BCUT2D eigenvalue weighted by Crippen LogP contribution is 2.28. The molecule has 2 aromatic rings. The van der Waals surface area contributed by atoms with Crippen LogP contribution in [0.1, 0.15) is 36.3 Å². The number of hydrogen-bond acceptors (Lipinski definition) is 3. The molecule has 0 aliphatic carbocycles. The van der Waals surface area contributed by atoms with Crippen LogP contribution in [0.2, 0.25) is 10.0 Å². The molecule has 1 unspecified atom stereocenters. The highest BCUT2D eigenvalue weighted by molar-refractivity contribution is 6.34. The van der Waals surface area contributed by atoms with Crippen LogP contribution in [0, 0.1) is 6.92 Å². The van der Waals surface area contributed by atoms with Crippen molar-refractivity contribution >= 4 is 23.2 Å². The summed E-state index contributed by atoms with van der Waals surface area (Å²) < 4.78 is 0. The standard InChI is InChI=1S/C15H17Cl2N3/c1-3-6-18-14(11-5-4-10(2)19-8-11)15-13(17)7-12(16)9-20-15/h4-5,7-9,14,18H,3,6H2,1-2H3. The molecule has 0 saturated heterocycles. The van der Waals surface area contributed by atoms with Crippen LogP contribution in [-0.2, 0) is 0 Å². The Hall–Kier alpha value is -1.16. The van der Waals surface area contributed by atoms with E-state index in [-0.39, 0.29) is 6.04 Å². The molecule has 0 aliphatic rings. The minimum atomic E-state index is -0.0761. The van der Waals surface area contributed by atoms with Crippen LogP contribution in [0.4, 0.5) is 0 Å². The molecule has 1 atom stereocenters. The Labute approximate surface area is 129 Å². The van der Waals surface area contributed by atoms with Crippen molar-refractivity contribution in [2.24, 2.45) is 0 Å². The Morgan fingerprint density at radius 3 is 2.60 bits per heavy atom. The maximum atomic E-state index is 6.28. The number of nitrogens with zero attached hydrogens (tertiary/aromatic N) is 2. The second kappa shape index (κ2) is 7.02. The normalized spacial score (nSPS) is 12.4. The number of halogens is 2. The zero-order valence-corrected chi connectivity index (χ0v) is 13.0. The van der Waals surface area contributed by atoms with Gasteiger partial charge in [0.05, 0.1) is 21.8 Å². The first kappa shape index (κ1) is 15.2. The number of nitrogens with one attached hydrogen (secondary N) is 1. The quantitative estimate of drug-likeness (QED) is 0.900. The molecule has 0 aliphatic heterocycles. The SMILES string of the molecule is CCCNC(c1ccc(C)nc1)c1ncc(Cl)cc1Cl. The molecule has 2 rings (SSSR count). The summed E-state index contributed by atoms with van der Waals surface area (Å²) in [5.41, 5.74) is 2.80. The predicted molar refractivity (Wildman–Crippen MR) is 83.4 cm³/mol. The van der Waals surface area contributed by atoms with Gasteiger partial charge in [0.2, 0.25) is 0 Å². The lowest BCUT2D eigenvalue weighted by molar-refractivity contribution is 0.585. The highest BCUT2D eigenvalue weighted by atomic mass is 35.5. The summed E-state index contributed by atoms with van der Waals surface area (Å²) in [6.45, 7) is 4.96. The minimum absolute atomic E-state index is 0.0761. The largest absolute Gasteiger partial charge is 0.305 e. The van der Waals surface area contributed by atoms with Crippen LogP contribution in [0.3, 0.4) is 0 Å². The van der Waals surface area contributed by atoms with Gasteiger partial charge in [0, 0.05) is 18.1 Å². The van der Waals surface area contributed by atoms with Crippen molar-refractivity contribution in [1.29, 1.82) is 0 Å². The van der Waals surface area contributed by atoms with E-state index < -0.39 is 0 Å². The Kier molecular flexibility index (Phi) is 5.35. The van der Waals surface area contributed by atoms with Gasteiger partial charge >= 0.3 is 0 Å². The van der Waals surface area contributed by atoms with Crippen LogP contribution in [-0.4, -0.2) is 16.5 Å². The summed E-state index contributed by atoms with van der Waals surface area (Å²) in [7, 11) is 0. The van der Waals surface area contributed by atoms with Gasteiger partial charge < -0.3 is 5.32 Å². The van der Waals surface area contributed by atoms with Gasteiger partial charge in [0.1, 0.15) is 0 Å². The van der Waals surface area contributed by atoms with Crippen molar-refractivity contribution in [3.8, 4) is 0 Å². The summed E-state index contributed by atoms with van der Waals surface area (Å²) in [5, 5.41) is 4.55. The zero-order chi connectivity index (χ0) is 14.5. The fourth-order valence-electron chi connectivity index (χ4n) is 1.95. The molecule has 0 fully saturated rings. The van der Waals surface area contributed by atoms with E-state index in [2.05, 4.69) is 22.2 Å². The predicted octanol–water partition coefficient (Wildman–Crippen LogP) is 4.18. The van der Waals surface area contributed by atoms with Gasteiger partial charge in [-0.2, -0.15) is 0 Å². The Bertz CT molecular complexity index is 570. The molecule has 0 aromatic carbocycles. The molecule has 0 amide bonds. The van der Waals surface area contributed by atoms with Gasteiger partial charge in [0.15, 0.2) is 0 Å². The molecule has 2 heterocycles. The molecular weight excluding hydrogens is 293 g/mol. The Morgan fingerprint density at radius 1 is 1.20 bits per heavy atom. The first-order valence-electron chi connectivity index (χ1n) is 6.58. The summed E-state index contributed by atoms with van der Waals surface area (Å²) in [4.78, 5) is 8.72. The van der Waals surface area contributed by atoms with E-state index in [9.17, 15) is 0 Å². The van der Waals surface area contributed by atoms with E-state index >= 15 is 0 Å². The fraction of sp³-hybridized carbons (Fsp3) is 0.333. The first-order chi connectivity index (χ1) is 9.61. The first-order valence-corrected chi connectivity index (χ1v) is 7.34. The summed E-state index contributed by atoms with van der Waals surface area (Å²) >= 11 is 12.2. The van der Waals surface area contributed by atoms with E-state index in [1.807, 2.05) is 25.3 Å². The highest BCUT2D eigenvalue weighted by Gasteiger charge is 2.18. The van der Waals surface area contributed by atoms with Crippen molar-refractivity contribution in [2.75, 3.05) is 6.54 Å². The van der Waals surface area contributed by atoms with E-state index in [1.165, 1.54) is 0 Å². The molecule has 20 heavy (non-hydrogen) atoms. The van der Waals surface area contributed by atoms with Gasteiger partial charge in [-0.15, -0.1) is 0 Å². The van der Waals surface area contributed by atoms with Crippen molar-refractivity contribution in [2.45, 2.75) is 26.3 Å². The average Bonchev–Trinajstić information content (AvgIpc) is 2.42. The number of rotatable bonds is 5. The van der Waals surface area contributed by atoms with Crippen LogP contribution in [0.25, 0.3) is 0 Å². The van der Waals surface area contributed by atoms with Gasteiger partial charge in [-0.05, 0) is 37.6 Å². The van der Waals surface area contributed by atoms with Gasteiger partial charge in [-0.1, -0.05) is 36.2 Å². The molecule has 106 valence electrons. The van der Waals surface area contributed by atoms with Crippen LogP contribution >= 0.6 is 23.2 Å². The van der Waals surface area contributed by atoms with Crippen LogP contribution in [0.15, 0.2) is 30.6 Å². The summed E-state index contributed by atoms with van der Waals surface area (Å²) in [6, 6.07) is 5.67. The van der Waals surface area contributed by atoms with E-state index in [4.69, 9.17) is 23.2 Å². The van der Waals surface area contributed by atoms with Crippen molar-refractivity contribution in [3.63, 3.8) is 0 Å². The maximum Gasteiger partial charge on any atom is 0.0806 e. The lowest BCUT2D eigenvalue weighted by atomic mass is 10.0. The Morgan fingerprint density at radius 2 is 2.00 bits per heavy atom. The molecule has 1 N–H and O–H groups in total. The number of hydrogen-bond donors (Lipinski definition) is 1. The topological polar surface area (TPSA) is 37.8 Å². The minimum Gasteiger partial charge on any atom is -0.305 e. The molecule has 5 heteroatoms. The monoisotopic (exact) mass is 309 g/mol. The van der Waals surface area contributed by atoms with Crippen molar-refractivity contribution in [1.82, 2.24) is 15.3 Å². The number of pyridine rings is 2. The third-order valence-corrected chi connectivity index (χ3v) is 3.49. The van der Waals surface area contributed by atoms with Crippen LogP contribution < -0.4 is 5.32 Å². The third kappa shape index (κ3) is 3.69. The van der Waals surface area contributed by atoms with Gasteiger partial charge in [-0.25, -0.2) is 0 Å². The van der Waals surface area contributed by atoms with E-state index in [0.29, 0.717) is 10.0 Å². The summed E-state index contributed by atoms with van der Waals surface area (Å²) in [6.07, 6.45) is 4.50. The second-order valence-corrected chi connectivity index (χ2v) is 5.48. The second-order valence-electron chi connectivity index (χ2n) is 4.64. The molecule has 0 radical (unpaired) electrons. The molecule has 2 aromatic heterocycles. The smallest absolute Gasteiger partial charge is 0.0806 e. The summed E-state index contributed by atoms with van der Waals surface area (Å²) in [5.74, 6) is 0. The lowest BCUT2D eigenvalue weighted by Gasteiger charge is -2.19. The van der Waals surface area contributed by atoms with Crippen LogP contribution in [0.5, 0.6) is 0 Å². The van der Waals surface area contributed by atoms with Crippen molar-refractivity contribution < 1.29 is 0 Å². The van der Waals surface area contributed by atoms with E-state index in [0.717, 1.165) is 29.9 Å². The van der Waals surface area contributed by atoms with Gasteiger partial charge in [-0.3, -0.25) is 9.97 Å². The molecular formula is C15H17Cl2N3. The molecule has 0 saturated carbocycles. The number of aromatic nitrogens is 2. The third-order valence-electron chi connectivity index (χ3n) is 2.98. The Balaban J connectivity index is 2.38. The van der Waals surface area contributed by atoms with Crippen molar-refractivity contribution in [3.05, 3.63) is 57.6 Å². The molecule has 3 nitrogen and oxygen atoms in total. The molecule has 0 bridgehead atoms. The maximum absolute atomic E-state index is 6.28. The number of aryl methyl sites for hydroxylation is 1. The van der Waals surface area contributed by atoms with Gasteiger partial charge in [0.25, 0.3) is 0 Å². The molecule has 0 spiro atoms. The fourth-order valence-corrected chi connectivity index (χ4v) is 2.44. The van der Waals surface area contributed by atoms with E-state index in [1.54, 1.807) is 12.3 Å². The lowest BCUT2D eigenvalue weighted by Crippen LogP contribution is -2.24. The zero-order valence-electron chi connectivity index (χ0n) is 11.5. The average molecular weight is 310 g/mol.